The Labute approximate surface area is 186 Å². The van der Waals surface area contributed by atoms with E-state index >= 15 is 0 Å². The van der Waals surface area contributed by atoms with Crippen molar-refractivity contribution < 1.29 is 21.9 Å². The van der Waals surface area contributed by atoms with Crippen molar-refractivity contribution in [3.63, 3.8) is 0 Å². The summed E-state index contributed by atoms with van der Waals surface area (Å²) in [4.78, 5) is 4.05. The third kappa shape index (κ3) is 4.81. The Morgan fingerprint density at radius 1 is 1.25 bits per heavy atom. The van der Waals surface area contributed by atoms with E-state index in [1.54, 1.807) is 32.9 Å². The molecule has 3 aromatic rings. The highest BCUT2D eigenvalue weighted by Crippen LogP contribution is 2.34. The van der Waals surface area contributed by atoms with Gasteiger partial charge in [-0.2, -0.15) is 5.10 Å². The van der Waals surface area contributed by atoms with Crippen LogP contribution in [0, 0.1) is 18.6 Å². The molecule has 0 aliphatic heterocycles. The van der Waals surface area contributed by atoms with Gasteiger partial charge in [0.05, 0.1) is 11.7 Å². The fraction of sp³-hybridized carbons (Fsp3) is 0.364. The number of nitrogens with zero attached hydrogens (tertiary/aromatic N) is 3. The summed E-state index contributed by atoms with van der Waals surface area (Å²) in [5.41, 5.74) is 1.25. The third-order valence-electron chi connectivity index (χ3n) is 5.25. The lowest BCUT2D eigenvalue weighted by Crippen LogP contribution is -2.34. The maximum Gasteiger partial charge on any atom is 0.241 e. The summed E-state index contributed by atoms with van der Waals surface area (Å²) in [6.07, 6.45) is 3.95. The van der Waals surface area contributed by atoms with E-state index in [9.17, 15) is 17.2 Å². The van der Waals surface area contributed by atoms with Crippen molar-refractivity contribution in [2.75, 3.05) is 6.61 Å². The van der Waals surface area contributed by atoms with Crippen molar-refractivity contribution in [2.24, 2.45) is 5.14 Å². The van der Waals surface area contributed by atoms with Crippen LogP contribution in [0.4, 0.5) is 8.78 Å². The normalized spacial score (nSPS) is 12.4. The predicted octanol–water partition coefficient (Wildman–Crippen LogP) is 4.12. The molecule has 0 saturated heterocycles. The number of benzene rings is 1. The van der Waals surface area contributed by atoms with Crippen LogP contribution in [0.2, 0.25) is 0 Å². The second kappa shape index (κ2) is 8.59. The minimum absolute atomic E-state index is 0.0264. The van der Waals surface area contributed by atoms with Gasteiger partial charge >= 0.3 is 0 Å². The molecule has 0 aliphatic carbocycles. The lowest BCUT2D eigenvalue weighted by molar-refractivity contribution is 0.165. The molecule has 0 aliphatic rings. The van der Waals surface area contributed by atoms with E-state index in [0.717, 1.165) is 11.8 Å². The van der Waals surface area contributed by atoms with Gasteiger partial charge in [-0.15, -0.1) is 0 Å². The average molecular weight is 465 g/mol. The molecule has 2 N–H and O–H groups in total. The van der Waals surface area contributed by atoms with Crippen molar-refractivity contribution in [3.05, 3.63) is 59.6 Å². The Balaban J connectivity index is 1.89. The molecule has 0 unspecified atom stereocenters. The van der Waals surface area contributed by atoms with E-state index in [4.69, 9.17) is 9.88 Å². The number of hydrogen-bond acceptors (Lipinski definition) is 5. The standard InChI is InChI=1S/C22H26F2N4O3S/c1-13(2)17-9-18(23)21(24)20(14(17)3)15-6-7-26-19(8-15)31-12-22(4,5)28-11-16(10-27-28)32(25,29)30/h6-11,13H,12H2,1-5H3,(H2,25,29,30). The van der Waals surface area contributed by atoms with Crippen molar-refractivity contribution in [1.29, 1.82) is 0 Å². The smallest absolute Gasteiger partial charge is 0.241 e. The first-order valence-electron chi connectivity index (χ1n) is 9.97. The molecule has 2 heterocycles. The summed E-state index contributed by atoms with van der Waals surface area (Å²) >= 11 is 0. The summed E-state index contributed by atoms with van der Waals surface area (Å²) < 4.78 is 59.2. The Bertz CT molecular complexity index is 1250. The van der Waals surface area contributed by atoms with Crippen LogP contribution in [0.1, 0.15) is 44.7 Å². The van der Waals surface area contributed by atoms with Crippen LogP contribution >= 0.6 is 0 Å². The number of rotatable bonds is 7. The molecule has 3 rings (SSSR count). The van der Waals surface area contributed by atoms with Crippen LogP contribution in [0.25, 0.3) is 11.1 Å². The Hall–Kier alpha value is -2.85. The second-order valence-electron chi connectivity index (χ2n) is 8.57. The Kier molecular flexibility index (Phi) is 6.39. The quantitative estimate of drug-likeness (QED) is 0.567. The molecule has 0 atom stereocenters. The molecular weight excluding hydrogens is 438 g/mol. The zero-order valence-electron chi connectivity index (χ0n) is 18.6. The fourth-order valence-corrected chi connectivity index (χ4v) is 3.87. The molecule has 0 spiro atoms. The van der Waals surface area contributed by atoms with Crippen LogP contribution in [0.3, 0.4) is 0 Å². The molecule has 0 amide bonds. The van der Waals surface area contributed by atoms with Gasteiger partial charge < -0.3 is 4.74 Å². The minimum atomic E-state index is -3.87. The molecule has 0 saturated carbocycles. The number of primary sulfonamides is 1. The maximum atomic E-state index is 14.7. The SMILES string of the molecule is Cc1c(C(C)C)cc(F)c(F)c1-c1ccnc(OCC(C)(C)n2cc(S(N)(=O)=O)cn2)c1. The van der Waals surface area contributed by atoms with E-state index in [-0.39, 0.29) is 28.9 Å². The number of aromatic nitrogens is 3. The lowest BCUT2D eigenvalue weighted by atomic mass is 9.90. The van der Waals surface area contributed by atoms with E-state index in [0.29, 0.717) is 11.1 Å². The van der Waals surface area contributed by atoms with Crippen molar-refractivity contribution in [1.82, 2.24) is 14.8 Å². The van der Waals surface area contributed by atoms with Crippen molar-refractivity contribution >= 4 is 10.0 Å². The topological polar surface area (TPSA) is 100 Å². The van der Waals surface area contributed by atoms with Gasteiger partial charge in [-0.1, -0.05) is 13.8 Å². The first kappa shape index (κ1) is 23.8. The first-order chi connectivity index (χ1) is 14.8. The summed E-state index contributed by atoms with van der Waals surface area (Å²) in [6, 6.07) is 4.38. The molecule has 0 bridgehead atoms. The van der Waals surface area contributed by atoms with E-state index in [1.807, 2.05) is 13.8 Å². The first-order valence-corrected chi connectivity index (χ1v) is 11.5. The molecule has 32 heavy (non-hydrogen) atoms. The largest absolute Gasteiger partial charge is 0.475 e. The number of nitrogens with two attached hydrogens (primary N) is 1. The van der Waals surface area contributed by atoms with Gasteiger partial charge in [0, 0.05) is 24.0 Å². The van der Waals surface area contributed by atoms with Gasteiger partial charge in [0.2, 0.25) is 15.9 Å². The number of pyridine rings is 1. The summed E-state index contributed by atoms with van der Waals surface area (Å²) in [5.74, 6) is -1.59. The number of ether oxygens (including phenoxy) is 1. The molecule has 10 heteroatoms. The van der Waals surface area contributed by atoms with Gasteiger partial charge in [0.1, 0.15) is 11.5 Å². The van der Waals surface area contributed by atoms with Gasteiger partial charge in [0.25, 0.3) is 0 Å². The monoisotopic (exact) mass is 464 g/mol. The highest BCUT2D eigenvalue weighted by Gasteiger charge is 2.25. The summed E-state index contributed by atoms with van der Waals surface area (Å²) in [7, 11) is -3.87. The van der Waals surface area contributed by atoms with Crippen LogP contribution in [0.15, 0.2) is 41.7 Å². The van der Waals surface area contributed by atoms with Crippen LogP contribution in [0.5, 0.6) is 5.88 Å². The number of hydrogen-bond donors (Lipinski definition) is 1. The lowest BCUT2D eigenvalue weighted by Gasteiger charge is -2.25. The molecule has 172 valence electrons. The van der Waals surface area contributed by atoms with Gasteiger partial charge in [-0.05, 0) is 55.5 Å². The summed E-state index contributed by atoms with van der Waals surface area (Å²) in [6.45, 7) is 9.27. The zero-order valence-corrected chi connectivity index (χ0v) is 19.4. The summed E-state index contributed by atoms with van der Waals surface area (Å²) in [5, 5.41) is 9.19. The molecule has 0 fully saturated rings. The predicted molar refractivity (Wildman–Crippen MR) is 117 cm³/mol. The van der Waals surface area contributed by atoms with Crippen LogP contribution in [-0.4, -0.2) is 29.8 Å². The minimum Gasteiger partial charge on any atom is -0.475 e. The second-order valence-corrected chi connectivity index (χ2v) is 10.1. The van der Waals surface area contributed by atoms with Gasteiger partial charge in [0.15, 0.2) is 11.6 Å². The van der Waals surface area contributed by atoms with E-state index < -0.39 is 27.2 Å². The molecule has 7 nitrogen and oxygen atoms in total. The Morgan fingerprint density at radius 3 is 2.53 bits per heavy atom. The average Bonchev–Trinajstić information content (AvgIpc) is 3.21. The highest BCUT2D eigenvalue weighted by atomic mass is 32.2. The third-order valence-corrected chi connectivity index (χ3v) is 6.11. The maximum absolute atomic E-state index is 14.7. The zero-order chi connectivity index (χ0) is 23.8. The van der Waals surface area contributed by atoms with Gasteiger partial charge in [-0.3, -0.25) is 4.68 Å². The van der Waals surface area contributed by atoms with Crippen LogP contribution < -0.4 is 9.88 Å². The van der Waals surface area contributed by atoms with E-state index in [2.05, 4.69) is 10.1 Å². The fourth-order valence-electron chi connectivity index (χ4n) is 3.42. The van der Waals surface area contributed by atoms with Crippen molar-refractivity contribution in [2.45, 2.75) is 51.0 Å². The van der Waals surface area contributed by atoms with E-state index in [1.165, 1.54) is 23.1 Å². The molecule has 2 aromatic heterocycles. The number of sulfonamides is 1. The van der Waals surface area contributed by atoms with Crippen LogP contribution in [-0.2, 0) is 15.6 Å². The number of halogens is 2. The van der Waals surface area contributed by atoms with Gasteiger partial charge in [-0.25, -0.2) is 27.3 Å². The van der Waals surface area contributed by atoms with Crippen molar-refractivity contribution in [3.8, 4) is 17.0 Å². The molecular formula is C22H26F2N4O3S. The molecule has 0 radical (unpaired) electrons. The highest BCUT2D eigenvalue weighted by molar-refractivity contribution is 7.89. The Morgan fingerprint density at radius 2 is 1.94 bits per heavy atom. The molecule has 1 aromatic carbocycles.